The highest BCUT2D eigenvalue weighted by Gasteiger charge is 2.10. The van der Waals surface area contributed by atoms with E-state index in [0.29, 0.717) is 11.8 Å². The lowest BCUT2D eigenvalue weighted by molar-refractivity contribution is 0.231. The molecule has 1 aromatic heterocycles. The Bertz CT molecular complexity index is 416. The second-order valence-electron chi connectivity index (χ2n) is 5.67. The van der Waals surface area contributed by atoms with Crippen molar-refractivity contribution in [1.29, 1.82) is 0 Å². The highest BCUT2D eigenvalue weighted by molar-refractivity contribution is 5.30. The molecule has 0 spiro atoms. The summed E-state index contributed by atoms with van der Waals surface area (Å²) in [5.74, 6) is 1.31. The Morgan fingerprint density at radius 1 is 1.25 bits per heavy atom. The van der Waals surface area contributed by atoms with Crippen LogP contribution in [0.25, 0.3) is 0 Å². The molecule has 1 saturated heterocycles. The molecule has 2 rings (SSSR count). The zero-order valence-corrected chi connectivity index (χ0v) is 12.9. The van der Waals surface area contributed by atoms with Gasteiger partial charge in [-0.25, -0.2) is 4.98 Å². The second-order valence-corrected chi connectivity index (χ2v) is 5.67. The Balaban J connectivity index is 1.83. The van der Waals surface area contributed by atoms with E-state index in [4.69, 9.17) is 4.74 Å². The summed E-state index contributed by atoms with van der Waals surface area (Å²) in [6.45, 7) is 10.3. The molecular weight excluding hydrogens is 252 g/mol. The van der Waals surface area contributed by atoms with E-state index in [1.807, 2.05) is 26.8 Å². The van der Waals surface area contributed by atoms with Crippen LogP contribution < -0.4 is 10.1 Å². The quantitative estimate of drug-likeness (QED) is 0.866. The van der Waals surface area contributed by atoms with Gasteiger partial charge in [-0.2, -0.15) is 4.98 Å². The fourth-order valence-electron chi connectivity index (χ4n) is 2.43. The van der Waals surface area contributed by atoms with Crippen molar-refractivity contribution >= 4 is 5.95 Å². The highest BCUT2D eigenvalue weighted by Crippen LogP contribution is 2.13. The molecule has 20 heavy (non-hydrogen) atoms. The maximum Gasteiger partial charge on any atom is 0.226 e. The Morgan fingerprint density at radius 3 is 2.70 bits per heavy atom. The summed E-state index contributed by atoms with van der Waals surface area (Å²) >= 11 is 0. The van der Waals surface area contributed by atoms with E-state index in [0.717, 1.165) is 18.8 Å². The number of aromatic nitrogens is 2. The van der Waals surface area contributed by atoms with Crippen LogP contribution in [0.15, 0.2) is 6.07 Å². The maximum absolute atomic E-state index is 5.63. The molecule has 5 heteroatoms. The molecule has 0 unspecified atom stereocenters. The standard InChI is InChI=1S/C15H26N4O/c1-12(2)20-14-11-13(3)17-15(18-14)16-7-10-19-8-5-4-6-9-19/h11-12H,4-10H2,1-3H3,(H,16,17,18). The van der Waals surface area contributed by atoms with Crippen LogP contribution in [0.4, 0.5) is 5.95 Å². The number of aryl methyl sites for hydroxylation is 1. The van der Waals surface area contributed by atoms with E-state index < -0.39 is 0 Å². The van der Waals surface area contributed by atoms with E-state index >= 15 is 0 Å². The van der Waals surface area contributed by atoms with Crippen molar-refractivity contribution in [3.8, 4) is 5.88 Å². The molecule has 0 atom stereocenters. The summed E-state index contributed by atoms with van der Waals surface area (Å²) in [6.07, 6.45) is 4.16. The molecule has 5 nitrogen and oxygen atoms in total. The lowest BCUT2D eigenvalue weighted by Gasteiger charge is -2.26. The number of ether oxygens (including phenoxy) is 1. The maximum atomic E-state index is 5.63. The van der Waals surface area contributed by atoms with Gasteiger partial charge in [0.25, 0.3) is 0 Å². The minimum absolute atomic E-state index is 0.130. The molecule has 1 aromatic rings. The van der Waals surface area contributed by atoms with Crippen molar-refractivity contribution in [3.63, 3.8) is 0 Å². The smallest absolute Gasteiger partial charge is 0.226 e. The van der Waals surface area contributed by atoms with Crippen molar-refractivity contribution in [1.82, 2.24) is 14.9 Å². The SMILES string of the molecule is Cc1cc(OC(C)C)nc(NCCN2CCCCC2)n1. The summed E-state index contributed by atoms with van der Waals surface area (Å²) in [6, 6.07) is 1.87. The molecule has 1 fully saturated rings. The van der Waals surface area contributed by atoms with E-state index in [1.165, 1.54) is 32.4 Å². The van der Waals surface area contributed by atoms with Gasteiger partial charge in [-0.05, 0) is 46.7 Å². The zero-order valence-electron chi connectivity index (χ0n) is 12.9. The third-order valence-electron chi connectivity index (χ3n) is 3.35. The molecule has 1 N–H and O–H groups in total. The van der Waals surface area contributed by atoms with Crippen molar-refractivity contribution in [2.24, 2.45) is 0 Å². The van der Waals surface area contributed by atoms with Gasteiger partial charge in [0.05, 0.1) is 6.10 Å². The van der Waals surface area contributed by atoms with Gasteiger partial charge in [-0.3, -0.25) is 0 Å². The average molecular weight is 278 g/mol. The normalized spacial score (nSPS) is 16.4. The molecule has 0 aliphatic carbocycles. The minimum atomic E-state index is 0.130. The van der Waals surface area contributed by atoms with Gasteiger partial charge in [0.15, 0.2) is 0 Å². The fourth-order valence-corrected chi connectivity index (χ4v) is 2.43. The van der Waals surface area contributed by atoms with Gasteiger partial charge in [0.1, 0.15) is 0 Å². The number of nitrogens with one attached hydrogen (secondary N) is 1. The Morgan fingerprint density at radius 2 is 2.00 bits per heavy atom. The Labute approximate surface area is 121 Å². The number of anilines is 1. The predicted molar refractivity (Wildman–Crippen MR) is 81.3 cm³/mol. The fraction of sp³-hybridized carbons (Fsp3) is 0.733. The van der Waals surface area contributed by atoms with E-state index in [9.17, 15) is 0 Å². The first kappa shape index (κ1) is 15.0. The lowest BCUT2D eigenvalue weighted by Crippen LogP contribution is -2.33. The summed E-state index contributed by atoms with van der Waals surface area (Å²) in [5, 5.41) is 3.30. The topological polar surface area (TPSA) is 50.3 Å². The highest BCUT2D eigenvalue weighted by atomic mass is 16.5. The van der Waals surface area contributed by atoms with Crippen LogP contribution >= 0.6 is 0 Å². The second kappa shape index (κ2) is 7.43. The van der Waals surface area contributed by atoms with Crippen LogP contribution in [-0.2, 0) is 0 Å². The van der Waals surface area contributed by atoms with Crippen molar-refractivity contribution < 1.29 is 4.74 Å². The molecule has 1 aliphatic rings. The number of hydrogen-bond donors (Lipinski definition) is 1. The van der Waals surface area contributed by atoms with Crippen LogP contribution in [0.2, 0.25) is 0 Å². The summed E-state index contributed by atoms with van der Waals surface area (Å²) in [7, 11) is 0. The van der Waals surface area contributed by atoms with Crippen LogP contribution in [0.3, 0.4) is 0 Å². The first-order valence-corrected chi connectivity index (χ1v) is 7.62. The largest absolute Gasteiger partial charge is 0.475 e. The minimum Gasteiger partial charge on any atom is -0.475 e. The third-order valence-corrected chi connectivity index (χ3v) is 3.35. The van der Waals surface area contributed by atoms with Gasteiger partial charge in [0, 0.05) is 24.8 Å². The van der Waals surface area contributed by atoms with E-state index in [1.54, 1.807) is 0 Å². The Hall–Kier alpha value is -1.36. The van der Waals surface area contributed by atoms with Gasteiger partial charge < -0.3 is 15.0 Å². The zero-order chi connectivity index (χ0) is 14.4. The van der Waals surface area contributed by atoms with Crippen molar-refractivity contribution in [2.75, 3.05) is 31.5 Å². The number of rotatable bonds is 6. The molecule has 0 saturated carbocycles. The molecule has 0 aromatic carbocycles. The molecule has 0 radical (unpaired) electrons. The number of hydrogen-bond acceptors (Lipinski definition) is 5. The first-order chi connectivity index (χ1) is 9.63. The molecule has 0 bridgehead atoms. The van der Waals surface area contributed by atoms with Crippen LogP contribution in [0.1, 0.15) is 38.8 Å². The molecular formula is C15H26N4O. The first-order valence-electron chi connectivity index (χ1n) is 7.62. The molecule has 0 amide bonds. The van der Waals surface area contributed by atoms with Crippen LogP contribution in [-0.4, -0.2) is 47.2 Å². The summed E-state index contributed by atoms with van der Waals surface area (Å²) in [4.78, 5) is 11.3. The van der Waals surface area contributed by atoms with Crippen LogP contribution in [0.5, 0.6) is 5.88 Å². The van der Waals surface area contributed by atoms with E-state index in [-0.39, 0.29) is 6.10 Å². The predicted octanol–water partition coefficient (Wildman–Crippen LogP) is 2.47. The number of likely N-dealkylation sites (tertiary alicyclic amines) is 1. The van der Waals surface area contributed by atoms with Gasteiger partial charge in [-0.1, -0.05) is 6.42 Å². The van der Waals surface area contributed by atoms with Gasteiger partial charge >= 0.3 is 0 Å². The van der Waals surface area contributed by atoms with Crippen molar-refractivity contribution in [3.05, 3.63) is 11.8 Å². The molecule has 2 heterocycles. The Kier molecular flexibility index (Phi) is 5.59. The monoisotopic (exact) mass is 278 g/mol. The van der Waals surface area contributed by atoms with Crippen LogP contribution in [0, 0.1) is 6.92 Å². The molecule has 112 valence electrons. The average Bonchev–Trinajstić information content (AvgIpc) is 2.38. The van der Waals surface area contributed by atoms with Crippen molar-refractivity contribution in [2.45, 2.75) is 46.1 Å². The molecule has 1 aliphatic heterocycles. The third kappa shape index (κ3) is 4.96. The lowest BCUT2D eigenvalue weighted by atomic mass is 10.1. The summed E-state index contributed by atoms with van der Waals surface area (Å²) < 4.78 is 5.63. The van der Waals surface area contributed by atoms with E-state index in [2.05, 4.69) is 20.2 Å². The summed E-state index contributed by atoms with van der Waals surface area (Å²) in [5.41, 5.74) is 0.927. The number of nitrogens with zero attached hydrogens (tertiary/aromatic N) is 3. The van der Waals surface area contributed by atoms with Gasteiger partial charge in [-0.15, -0.1) is 0 Å². The number of piperidine rings is 1. The van der Waals surface area contributed by atoms with Gasteiger partial charge in [0.2, 0.25) is 11.8 Å².